The maximum atomic E-state index is 5.79. The quantitative estimate of drug-likeness (QED) is 0.896. The number of nitrogens with zero attached hydrogens (tertiary/aromatic N) is 1. The molecule has 0 aliphatic carbocycles. The largest absolute Gasteiger partial charge is 0.494 e. The molecule has 2 N–H and O–H groups in total. The van der Waals surface area contributed by atoms with E-state index < -0.39 is 0 Å². The molecule has 0 spiro atoms. The number of methoxy groups -OCH3 is 1. The van der Waals surface area contributed by atoms with Crippen molar-refractivity contribution >= 4 is 0 Å². The number of aromatic nitrogens is 1. The molecule has 0 amide bonds. The van der Waals surface area contributed by atoms with Gasteiger partial charge < -0.3 is 10.5 Å². The van der Waals surface area contributed by atoms with E-state index in [1.165, 1.54) is 5.56 Å². The fourth-order valence-corrected chi connectivity index (χ4v) is 1.94. The molecule has 3 nitrogen and oxygen atoms in total. The maximum Gasteiger partial charge on any atom is 0.145 e. The number of pyridine rings is 1. The highest BCUT2D eigenvalue weighted by molar-refractivity contribution is 5.66. The summed E-state index contributed by atoms with van der Waals surface area (Å²) in [6, 6.07) is 12.3. The molecule has 0 fully saturated rings. The molecule has 1 atom stereocenters. The van der Waals surface area contributed by atoms with Crippen LogP contribution in [0.25, 0.3) is 11.3 Å². The predicted molar refractivity (Wildman–Crippen MR) is 73.6 cm³/mol. The molecular weight excluding hydrogens is 224 g/mol. The first-order valence-corrected chi connectivity index (χ1v) is 6.04. The summed E-state index contributed by atoms with van der Waals surface area (Å²) < 4.78 is 5.31. The van der Waals surface area contributed by atoms with Crippen molar-refractivity contribution in [1.29, 1.82) is 0 Å². The van der Waals surface area contributed by atoms with Crippen LogP contribution >= 0.6 is 0 Å². The first-order valence-electron chi connectivity index (χ1n) is 6.04. The molecule has 1 unspecified atom stereocenters. The van der Waals surface area contributed by atoms with Crippen molar-refractivity contribution in [2.24, 2.45) is 5.73 Å². The smallest absolute Gasteiger partial charge is 0.145 e. The van der Waals surface area contributed by atoms with Crippen LogP contribution in [-0.2, 0) is 6.42 Å². The summed E-state index contributed by atoms with van der Waals surface area (Å²) in [5.41, 5.74) is 8.95. The van der Waals surface area contributed by atoms with Gasteiger partial charge in [0.15, 0.2) is 0 Å². The van der Waals surface area contributed by atoms with E-state index >= 15 is 0 Å². The fraction of sp³-hybridized carbons (Fsp3) is 0.267. The second kappa shape index (κ2) is 5.65. The molecule has 1 aromatic carbocycles. The lowest BCUT2D eigenvalue weighted by Gasteiger charge is -2.09. The highest BCUT2D eigenvalue weighted by Crippen LogP contribution is 2.27. The number of rotatable bonds is 4. The molecule has 3 heteroatoms. The SMILES string of the molecule is COc1cccnc1-c1ccc(CC(C)N)cc1. The van der Waals surface area contributed by atoms with Crippen LogP contribution in [0, 0.1) is 0 Å². The molecule has 0 radical (unpaired) electrons. The van der Waals surface area contributed by atoms with Crippen LogP contribution in [0.3, 0.4) is 0 Å². The van der Waals surface area contributed by atoms with Gasteiger partial charge in [-0.15, -0.1) is 0 Å². The van der Waals surface area contributed by atoms with Crippen LogP contribution in [0.2, 0.25) is 0 Å². The van der Waals surface area contributed by atoms with Crippen molar-refractivity contribution in [1.82, 2.24) is 4.98 Å². The Morgan fingerprint density at radius 1 is 1.22 bits per heavy atom. The van der Waals surface area contributed by atoms with E-state index in [1.807, 2.05) is 19.1 Å². The van der Waals surface area contributed by atoms with E-state index in [1.54, 1.807) is 13.3 Å². The summed E-state index contributed by atoms with van der Waals surface area (Å²) in [4.78, 5) is 4.36. The summed E-state index contributed by atoms with van der Waals surface area (Å²) in [6.45, 7) is 2.01. The Morgan fingerprint density at radius 2 is 1.94 bits per heavy atom. The third-order valence-corrected chi connectivity index (χ3v) is 2.78. The maximum absolute atomic E-state index is 5.79. The monoisotopic (exact) mass is 242 g/mol. The lowest BCUT2D eigenvalue weighted by Crippen LogP contribution is -2.17. The first kappa shape index (κ1) is 12.6. The van der Waals surface area contributed by atoms with Gasteiger partial charge in [-0.3, -0.25) is 4.98 Å². The molecule has 1 aromatic heterocycles. The molecule has 18 heavy (non-hydrogen) atoms. The van der Waals surface area contributed by atoms with Gasteiger partial charge in [0.2, 0.25) is 0 Å². The Bertz CT molecular complexity index is 506. The second-order valence-electron chi connectivity index (χ2n) is 4.43. The Kier molecular flexibility index (Phi) is 3.95. The molecule has 0 bridgehead atoms. The zero-order valence-corrected chi connectivity index (χ0v) is 10.8. The van der Waals surface area contributed by atoms with Gasteiger partial charge in [-0.1, -0.05) is 24.3 Å². The Morgan fingerprint density at radius 3 is 2.56 bits per heavy atom. The predicted octanol–water partition coefficient (Wildman–Crippen LogP) is 2.65. The van der Waals surface area contributed by atoms with Gasteiger partial charge in [-0.05, 0) is 31.0 Å². The van der Waals surface area contributed by atoms with E-state index in [9.17, 15) is 0 Å². The summed E-state index contributed by atoms with van der Waals surface area (Å²) in [7, 11) is 1.66. The third kappa shape index (κ3) is 2.87. The number of hydrogen-bond donors (Lipinski definition) is 1. The minimum absolute atomic E-state index is 0.181. The lowest BCUT2D eigenvalue weighted by molar-refractivity contribution is 0.415. The van der Waals surface area contributed by atoms with E-state index in [4.69, 9.17) is 10.5 Å². The van der Waals surface area contributed by atoms with E-state index in [-0.39, 0.29) is 6.04 Å². The molecule has 1 heterocycles. The van der Waals surface area contributed by atoms with Crippen LogP contribution in [0.15, 0.2) is 42.6 Å². The van der Waals surface area contributed by atoms with Gasteiger partial charge in [-0.2, -0.15) is 0 Å². The Hall–Kier alpha value is -1.87. The van der Waals surface area contributed by atoms with Crippen molar-refractivity contribution in [3.63, 3.8) is 0 Å². The van der Waals surface area contributed by atoms with E-state index in [2.05, 4.69) is 29.2 Å². The average molecular weight is 242 g/mol. The van der Waals surface area contributed by atoms with Crippen LogP contribution in [0.4, 0.5) is 0 Å². The van der Waals surface area contributed by atoms with Crippen molar-refractivity contribution in [3.05, 3.63) is 48.2 Å². The Labute approximate surface area is 108 Å². The molecular formula is C15H18N2O. The van der Waals surface area contributed by atoms with E-state index in [0.717, 1.165) is 23.4 Å². The van der Waals surface area contributed by atoms with Crippen LogP contribution < -0.4 is 10.5 Å². The van der Waals surface area contributed by atoms with Crippen molar-refractivity contribution < 1.29 is 4.74 Å². The zero-order valence-electron chi connectivity index (χ0n) is 10.8. The van der Waals surface area contributed by atoms with Crippen molar-refractivity contribution in [2.45, 2.75) is 19.4 Å². The highest BCUT2D eigenvalue weighted by atomic mass is 16.5. The van der Waals surface area contributed by atoms with Crippen molar-refractivity contribution in [3.8, 4) is 17.0 Å². The van der Waals surface area contributed by atoms with Crippen LogP contribution in [0.5, 0.6) is 5.75 Å². The number of ether oxygens (including phenoxy) is 1. The fourth-order valence-electron chi connectivity index (χ4n) is 1.94. The average Bonchev–Trinajstić information content (AvgIpc) is 2.39. The molecule has 0 saturated heterocycles. The van der Waals surface area contributed by atoms with Gasteiger partial charge in [0.25, 0.3) is 0 Å². The number of benzene rings is 1. The molecule has 0 aliphatic heterocycles. The number of nitrogens with two attached hydrogens (primary N) is 1. The lowest BCUT2D eigenvalue weighted by atomic mass is 10.0. The third-order valence-electron chi connectivity index (χ3n) is 2.78. The minimum atomic E-state index is 0.181. The normalized spacial score (nSPS) is 12.2. The molecule has 0 saturated carbocycles. The van der Waals surface area contributed by atoms with Gasteiger partial charge in [-0.25, -0.2) is 0 Å². The molecule has 2 aromatic rings. The molecule has 0 aliphatic rings. The standard InChI is InChI=1S/C15H18N2O/c1-11(16)10-12-5-7-13(8-6-12)15-14(18-2)4-3-9-17-15/h3-9,11H,10,16H2,1-2H3. The van der Waals surface area contributed by atoms with Crippen LogP contribution in [0.1, 0.15) is 12.5 Å². The van der Waals surface area contributed by atoms with Gasteiger partial charge in [0, 0.05) is 17.8 Å². The number of hydrogen-bond acceptors (Lipinski definition) is 3. The van der Waals surface area contributed by atoms with Gasteiger partial charge in [0.05, 0.1) is 7.11 Å². The van der Waals surface area contributed by atoms with E-state index in [0.29, 0.717) is 0 Å². The molecule has 94 valence electrons. The molecule has 2 rings (SSSR count). The van der Waals surface area contributed by atoms with Crippen molar-refractivity contribution in [2.75, 3.05) is 7.11 Å². The summed E-state index contributed by atoms with van der Waals surface area (Å²) >= 11 is 0. The zero-order chi connectivity index (χ0) is 13.0. The summed E-state index contributed by atoms with van der Waals surface area (Å²) in [5, 5.41) is 0. The van der Waals surface area contributed by atoms with Crippen LogP contribution in [-0.4, -0.2) is 18.1 Å². The highest BCUT2D eigenvalue weighted by Gasteiger charge is 2.06. The minimum Gasteiger partial charge on any atom is -0.494 e. The summed E-state index contributed by atoms with van der Waals surface area (Å²) in [5.74, 6) is 0.789. The first-order chi connectivity index (χ1) is 8.70. The van der Waals surface area contributed by atoms with Gasteiger partial charge in [0.1, 0.15) is 11.4 Å². The van der Waals surface area contributed by atoms with Gasteiger partial charge >= 0.3 is 0 Å². The Balaban J connectivity index is 2.28. The second-order valence-corrected chi connectivity index (χ2v) is 4.43. The topological polar surface area (TPSA) is 48.1 Å². The summed E-state index contributed by atoms with van der Waals surface area (Å²) in [6.07, 6.45) is 2.66.